The van der Waals surface area contributed by atoms with Crippen LogP contribution in [0.25, 0.3) is 0 Å². The molecule has 82 valence electrons. The smallest absolute Gasteiger partial charge is 0.0346 e. The van der Waals surface area contributed by atoms with Gasteiger partial charge in [0.15, 0.2) is 0 Å². The number of rotatable bonds is 2. The van der Waals surface area contributed by atoms with Gasteiger partial charge >= 0.3 is 0 Å². The average molecular weight is 203 g/mol. The van der Waals surface area contributed by atoms with Crippen molar-refractivity contribution in [2.24, 2.45) is 5.92 Å². The van der Waals surface area contributed by atoms with Gasteiger partial charge in [-0.25, -0.2) is 0 Å². The molecule has 1 aromatic rings. The van der Waals surface area contributed by atoms with Crippen molar-refractivity contribution in [1.82, 2.24) is 5.32 Å². The first-order valence-electron chi connectivity index (χ1n) is 6.08. The van der Waals surface area contributed by atoms with Crippen molar-refractivity contribution < 1.29 is 0 Å². The molecule has 1 heterocycles. The summed E-state index contributed by atoms with van der Waals surface area (Å²) in [5.41, 5.74) is 4.69. The number of benzene rings is 1. The van der Waals surface area contributed by atoms with Crippen molar-refractivity contribution in [2.45, 2.75) is 39.7 Å². The topological polar surface area (TPSA) is 12.0 Å². The van der Waals surface area contributed by atoms with Gasteiger partial charge in [-0.3, -0.25) is 0 Å². The first kappa shape index (κ1) is 10.7. The van der Waals surface area contributed by atoms with Gasteiger partial charge in [-0.15, -0.1) is 0 Å². The van der Waals surface area contributed by atoms with Crippen LogP contribution in [0.15, 0.2) is 18.2 Å². The Morgan fingerprint density at radius 3 is 2.87 bits per heavy atom. The largest absolute Gasteiger partial charge is 0.309 e. The lowest BCUT2D eigenvalue weighted by molar-refractivity contribution is 0.394. The van der Waals surface area contributed by atoms with Gasteiger partial charge in [-0.1, -0.05) is 39.0 Å². The molecule has 0 amide bonds. The lowest BCUT2D eigenvalue weighted by Gasteiger charge is -2.31. The van der Waals surface area contributed by atoms with Gasteiger partial charge in [0.2, 0.25) is 0 Å². The number of aryl methyl sites for hydroxylation is 1. The van der Waals surface area contributed by atoms with E-state index >= 15 is 0 Å². The second kappa shape index (κ2) is 4.36. The fourth-order valence-electron chi connectivity index (χ4n) is 2.64. The van der Waals surface area contributed by atoms with E-state index in [4.69, 9.17) is 0 Å². The number of nitrogens with one attached hydrogen (secondary N) is 1. The average Bonchev–Trinajstić information content (AvgIpc) is 2.27. The Morgan fingerprint density at radius 2 is 2.20 bits per heavy atom. The summed E-state index contributed by atoms with van der Waals surface area (Å²) in [5.74, 6) is 0.677. The molecule has 0 bridgehead atoms. The van der Waals surface area contributed by atoms with E-state index in [0.717, 1.165) is 13.0 Å². The molecule has 1 N–H and O–H groups in total. The Balaban J connectivity index is 2.44. The molecular formula is C14H21N. The first-order chi connectivity index (χ1) is 7.24. The van der Waals surface area contributed by atoms with Crippen LogP contribution in [0.1, 0.15) is 43.5 Å². The third-order valence-corrected chi connectivity index (χ3v) is 3.43. The van der Waals surface area contributed by atoms with E-state index in [9.17, 15) is 0 Å². The van der Waals surface area contributed by atoms with Crippen LogP contribution in [0.4, 0.5) is 0 Å². The fourth-order valence-corrected chi connectivity index (χ4v) is 2.64. The molecule has 0 aliphatic carbocycles. The highest BCUT2D eigenvalue weighted by atomic mass is 14.9. The molecule has 1 atom stereocenters. The highest BCUT2D eigenvalue weighted by Crippen LogP contribution is 2.30. The van der Waals surface area contributed by atoms with Crippen molar-refractivity contribution in [3.8, 4) is 0 Å². The predicted molar refractivity (Wildman–Crippen MR) is 65.1 cm³/mol. The highest BCUT2D eigenvalue weighted by molar-refractivity contribution is 5.39. The minimum absolute atomic E-state index is 0.556. The van der Waals surface area contributed by atoms with Crippen molar-refractivity contribution >= 4 is 0 Å². The Hall–Kier alpha value is -0.820. The van der Waals surface area contributed by atoms with E-state index in [-0.39, 0.29) is 0 Å². The molecule has 1 nitrogen and oxygen atoms in total. The molecule has 0 radical (unpaired) electrons. The van der Waals surface area contributed by atoms with Gasteiger partial charge in [0, 0.05) is 6.04 Å². The standard InChI is InChI=1S/C14H21N/c1-4-11-6-5-7-13-12(11)8-9-15-14(13)10(2)3/h5-7,10,14-15H,4,8-9H2,1-3H3. The molecule has 1 heteroatoms. The van der Waals surface area contributed by atoms with Crippen LogP contribution in [0.2, 0.25) is 0 Å². The summed E-state index contributed by atoms with van der Waals surface area (Å²) in [6.07, 6.45) is 2.36. The lowest BCUT2D eigenvalue weighted by atomic mass is 9.85. The van der Waals surface area contributed by atoms with Gasteiger partial charge < -0.3 is 5.32 Å². The summed E-state index contributed by atoms with van der Waals surface area (Å²) in [6, 6.07) is 7.34. The van der Waals surface area contributed by atoms with Crippen LogP contribution in [-0.2, 0) is 12.8 Å². The van der Waals surface area contributed by atoms with Crippen LogP contribution >= 0.6 is 0 Å². The Bertz CT molecular complexity index is 341. The van der Waals surface area contributed by atoms with Crippen LogP contribution in [0.3, 0.4) is 0 Å². The van der Waals surface area contributed by atoms with E-state index < -0.39 is 0 Å². The Morgan fingerprint density at radius 1 is 1.40 bits per heavy atom. The van der Waals surface area contributed by atoms with Crippen molar-refractivity contribution in [3.63, 3.8) is 0 Å². The SMILES string of the molecule is CCc1cccc2c1CCNC2C(C)C. The zero-order valence-corrected chi connectivity index (χ0v) is 10.0. The molecule has 0 saturated heterocycles. The molecule has 1 unspecified atom stereocenters. The summed E-state index contributed by atoms with van der Waals surface area (Å²) in [5, 5.41) is 3.63. The van der Waals surface area contributed by atoms with Crippen molar-refractivity contribution in [3.05, 3.63) is 34.9 Å². The van der Waals surface area contributed by atoms with E-state index in [1.54, 1.807) is 11.1 Å². The molecule has 1 aliphatic heterocycles. The van der Waals surface area contributed by atoms with Crippen molar-refractivity contribution in [1.29, 1.82) is 0 Å². The summed E-state index contributed by atoms with van der Waals surface area (Å²) < 4.78 is 0. The van der Waals surface area contributed by atoms with E-state index in [2.05, 4.69) is 44.3 Å². The zero-order valence-electron chi connectivity index (χ0n) is 10.0. The molecule has 15 heavy (non-hydrogen) atoms. The van der Waals surface area contributed by atoms with Gasteiger partial charge in [-0.2, -0.15) is 0 Å². The summed E-state index contributed by atoms with van der Waals surface area (Å²) in [7, 11) is 0. The van der Waals surface area contributed by atoms with E-state index in [1.165, 1.54) is 12.0 Å². The highest BCUT2D eigenvalue weighted by Gasteiger charge is 2.23. The maximum absolute atomic E-state index is 3.63. The molecule has 0 spiro atoms. The summed E-state index contributed by atoms with van der Waals surface area (Å²) in [4.78, 5) is 0. The third-order valence-electron chi connectivity index (χ3n) is 3.43. The molecular weight excluding hydrogens is 182 g/mol. The van der Waals surface area contributed by atoms with Gasteiger partial charge in [-0.05, 0) is 42.0 Å². The minimum Gasteiger partial charge on any atom is -0.309 e. The molecule has 2 rings (SSSR count). The van der Waals surface area contributed by atoms with Crippen LogP contribution in [0.5, 0.6) is 0 Å². The zero-order chi connectivity index (χ0) is 10.8. The summed E-state index contributed by atoms with van der Waals surface area (Å²) in [6.45, 7) is 7.98. The monoisotopic (exact) mass is 203 g/mol. The Kier molecular flexibility index (Phi) is 3.11. The van der Waals surface area contributed by atoms with Crippen LogP contribution in [-0.4, -0.2) is 6.54 Å². The van der Waals surface area contributed by atoms with Gasteiger partial charge in [0.25, 0.3) is 0 Å². The molecule has 0 fully saturated rings. The molecule has 0 saturated carbocycles. The van der Waals surface area contributed by atoms with E-state index in [0.29, 0.717) is 12.0 Å². The summed E-state index contributed by atoms with van der Waals surface area (Å²) >= 11 is 0. The van der Waals surface area contributed by atoms with Crippen LogP contribution in [0, 0.1) is 5.92 Å². The number of fused-ring (bicyclic) bond motifs is 1. The van der Waals surface area contributed by atoms with Crippen molar-refractivity contribution in [2.75, 3.05) is 6.54 Å². The first-order valence-corrected chi connectivity index (χ1v) is 6.08. The molecule has 1 aromatic carbocycles. The Labute approximate surface area is 92.9 Å². The van der Waals surface area contributed by atoms with Crippen LogP contribution < -0.4 is 5.32 Å². The molecule has 1 aliphatic rings. The van der Waals surface area contributed by atoms with Gasteiger partial charge in [0.1, 0.15) is 0 Å². The third kappa shape index (κ3) is 1.93. The molecule has 0 aromatic heterocycles. The maximum Gasteiger partial charge on any atom is 0.0346 e. The second-order valence-corrected chi connectivity index (χ2v) is 4.76. The number of hydrogen-bond donors (Lipinski definition) is 1. The van der Waals surface area contributed by atoms with E-state index in [1.807, 2.05) is 0 Å². The minimum atomic E-state index is 0.556. The predicted octanol–water partition coefficient (Wildman–Crippen LogP) is 3.09. The maximum atomic E-state index is 3.63. The number of hydrogen-bond acceptors (Lipinski definition) is 1. The fraction of sp³-hybridized carbons (Fsp3) is 0.571. The second-order valence-electron chi connectivity index (χ2n) is 4.76. The lowest BCUT2D eigenvalue weighted by Crippen LogP contribution is -2.33. The normalized spacial score (nSPS) is 20.4. The quantitative estimate of drug-likeness (QED) is 0.779. The van der Waals surface area contributed by atoms with Gasteiger partial charge in [0.05, 0.1) is 0 Å².